The molecule has 3 aliphatic rings. The van der Waals surface area contributed by atoms with Gasteiger partial charge in [-0.15, -0.1) is 11.3 Å². The number of carbonyl (C=O) groups is 2. The highest BCUT2D eigenvalue weighted by atomic mass is 35.5. The summed E-state index contributed by atoms with van der Waals surface area (Å²) >= 11 is 7.74. The minimum Gasteiger partial charge on any atom is -0.506 e. The first-order valence-corrected chi connectivity index (χ1v) is 12.7. The molecule has 7 heteroatoms. The van der Waals surface area contributed by atoms with E-state index in [1.165, 1.54) is 22.5 Å². The number of fused-ring (bicyclic) bond motifs is 5. The highest BCUT2D eigenvalue weighted by Gasteiger charge is 2.58. The number of aryl methyl sites for hydroxylation is 2. The molecular formula is C25H29ClN2O3S. The molecule has 2 fully saturated rings. The van der Waals surface area contributed by atoms with E-state index in [4.69, 9.17) is 11.6 Å². The van der Waals surface area contributed by atoms with Crippen molar-refractivity contribution in [1.29, 1.82) is 0 Å². The molecule has 0 saturated heterocycles. The zero-order valence-corrected chi connectivity index (χ0v) is 20.1. The molecule has 5 atom stereocenters. The van der Waals surface area contributed by atoms with Crippen LogP contribution in [0, 0.1) is 30.1 Å². The molecule has 0 spiro atoms. The third-order valence-corrected chi connectivity index (χ3v) is 9.38. The lowest BCUT2D eigenvalue weighted by Gasteiger charge is -2.50. The average molecular weight is 473 g/mol. The predicted molar refractivity (Wildman–Crippen MR) is 126 cm³/mol. The number of rotatable bonds is 4. The van der Waals surface area contributed by atoms with Gasteiger partial charge in [-0.2, -0.15) is 0 Å². The van der Waals surface area contributed by atoms with Gasteiger partial charge in [0, 0.05) is 29.3 Å². The summed E-state index contributed by atoms with van der Waals surface area (Å²) in [5.74, 6) is 1.82. The van der Waals surface area contributed by atoms with Crippen molar-refractivity contribution in [2.24, 2.45) is 23.2 Å². The van der Waals surface area contributed by atoms with Crippen molar-refractivity contribution >= 4 is 39.8 Å². The minimum atomic E-state index is -0.285. The molecular weight excluding hydrogens is 444 g/mol. The lowest BCUT2D eigenvalue weighted by Crippen LogP contribution is -2.44. The van der Waals surface area contributed by atoms with Crippen LogP contribution >= 0.6 is 22.9 Å². The predicted octanol–water partition coefficient (Wildman–Crippen LogP) is 5.88. The van der Waals surface area contributed by atoms with Crippen LogP contribution in [0.15, 0.2) is 18.3 Å². The van der Waals surface area contributed by atoms with Gasteiger partial charge in [0.2, 0.25) is 5.91 Å². The van der Waals surface area contributed by atoms with Gasteiger partial charge in [0.05, 0.1) is 5.02 Å². The number of benzene rings is 1. The Bertz CT molecular complexity index is 1080. The van der Waals surface area contributed by atoms with E-state index < -0.39 is 0 Å². The van der Waals surface area contributed by atoms with Crippen LogP contribution in [0.25, 0.3) is 0 Å². The molecule has 32 heavy (non-hydrogen) atoms. The van der Waals surface area contributed by atoms with Gasteiger partial charge >= 0.3 is 0 Å². The summed E-state index contributed by atoms with van der Waals surface area (Å²) in [4.78, 5) is 31.0. The Balaban J connectivity index is 1.35. The molecule has 0 aliphatic heterocycles. The van der Waals surface area contributed by atoms with E-state index in [1.54, 1.807) is 6.20 Å². The largest absolute Gasteiger partial charge is 0.506 e. The number of hydrogen-bond donors (Lipinski definition) is 2. The molecule has 5 nitrogen and oxygen atoms in total. The summed E-state index contributed by atoms with van der Waals surface area (Å²) in [5.41, 5.74) is 2.16. The van der Waals surface area contributed by atoms with Crippen molar-refractivity contribution in [2.45, 2.75) is 64.7 Å². The van der Waals surface area contributed by atoms with Gasteiger partial charge in [0.15, 0.2) is 5.13 Å². The van der Waals surface area contributed by atoms with Gasteiger partial charge in [0.1, 0.15) is 11.5 Å². The van der Waals surface area contributed by atoms with Crippen LogP contribution in [0.1, 0.15) is 67.4 Å². The Morgan fingerprint density at radius 1 is 1.38 bits per heavy atom. The number of ketones is 1. The molecule has 0 bridgehead atoms. The van der Waals surface area contributed by atoms with Crippen LogP contribution in [0.5, 0.6) is 5.75 Å². The zero-order chi connectivity index (χ0) is 22.6. The van der Waals surface area contributed by atoms with Gasteiger partial charge in [-0.05, 0) is 86.0 Å². The fraction of sp³-hybridized carbons (Fsp3) is 0.560. The van der Waals surface area contributed by atoms with Gasteiger partial charge in [-0.3, -0.25) is 9.59 Å². The van der Waals surface area contributed by atoms with Crippen molar-refractivity contribution in [1.82, 2.24) is 4.98 Å². The number of halogens is 1. The molecule has 3 unspecified atom stereocenters. The maximum atomic E-state index is 13.1. The van der Waals surface area contributed by atoms with Crippen molar-refractivity contribution in [3.63, 3.8) is 0 Å². The highest BCUT2D eigenvalue weighted by Crippen LogP contribution is 2.62. The summed E-state index contributed by atoms with van der Waals surface area (Å²) in [7, 11) is 0. The van der Waals surface area contributed by atoms with Crippen LogP contribution in [0.3, 0.4) is 0 Å². The minimum absolute atomic E-state index is 0.0241. The normalized spacial score (nSPS) is 31.0. The first-order valence-electron chi connectivity index (χ1n) is 11.5. The number of nitrogens with zero attached hydrogens (tertiary/aromatic N) is 1. The highest BCUT2D eigenvalue weighted by molar-refractivity contribution is 7.15. The Morgan fingerprint density at radius 2 is 2.19 bits per heavy atom. The maximum absolute atomic E-state index is 13.1. The number of carbonyl (C=O) groups excluding carboxylic acids is 2. The van der Waals surface area contributed by atoms with Crippen molar-refractivity contribution < 1.29 is 14.7 Å². The third kappa shape index (κ3) is 3.65. The second-order valence-electron chi connectivity index (χ2n) is 10.0. The van der Waals surface area contributed by atoms with Crippen LogP contribution in [-0.2, 0) is 16.0 Å². The number of phenolic OH excluding ortho intramolecular Hbond substituents is 1. The van der Waals surface area contributed by atoms with Crippen molar-refractivity contribution in [3.8, 4) is 5.75 Å². The number of Topliss-reactive ketones (excluding diaryl/α,β-unsaturated/α-hetero) is 1. The molecule has 5 rings (SSSR count). The number of hydrogen-bond acceptors (Lipinski definition) is 5. The van der Waals surface area contributed by atoms with Crippen molar-refractivity contribution in [2.75, 3.05) is 5.32 Å². The van der Waals surface area contributed by atoms with E-state index in [0.717, 1.165) is 37.0 Å². The zero-order valence-electron chi connectivity index (χ0n) is 18.5. The summed E-state index contributed by atoms with van der Waals surface area (Å²) in [6.45, 7) is 4.13. The van der Waals surface area contributed by atoms with Crippen LogP contribution < -0.4 is 5.32 Å². The monoisotopic (exact) mass is 472 g/mol. The molecule has 1 amide bonds. The summed E-state index contributed by atoms with van der Waals surface area (Å²) < 4.78 is 0. The Hall–Kier alpha value is -1.92. The molecule has 1 heterocycles. The number of nitrogens with one attached hydrogen (secondary N) is 1. The molecule has 1 aromatic heterocycles. The van der Waals surface area contributed by atoms with E-state index >= 15 is 0 Å². The van der Waals surface area contributed by atoms with Crippen LogP contribution in [0.4, 0.5) is 5.13 Å². The second kappa shape index (κ2) is 8.14. The Kier molecular flexibility index (Phi) is 5.57. The molecule has 1 aromatic carbocycles. The first kappa shape index (κ1) is 21.9. The first-order chi connectivity index (χ1) is 15.3. The molecule has 2 N–H and O–H groups in total. The number of anilines is 1. The number of thiazole rings is 1. The van der Waals surface area contributed by atoms with E-state index in [-0.39, 0.29) is 23.0 Å². The topological polar surface area (TPSA) is 79.3 Å². The summed E-state index contributed by atoms with van der Waals surface area (Å²) in [5, 5.41) is 14.0. The smallest absolute Gasteiger partial charge is 0.226 e. The fourth-order valence-electron chi connectivity index (χ4n) is 6.82. The quantitative estimate of drug-likeness (QED) is 0.582. The van der Waals surface area contributed by atoms with Crippen molar-refractivity contribution in [3.05, 3.63) is 39.4 Å². The number of aromatic hydroxyl groups is 1. The average Bonchev–Trinajstić information content (AvgIpc) is 3.27. The molecule has 2 aromatic rings. The summed E-state index contributed by atoms with van der Waals surface area (Å²) in [6.07, 6.45) is 7.27. The number of aromatic nitrogens is 1. The molecule has 0 radical (unpaired) electrons. The SMILES string of the molecule is Cc1cnc(NC(=O)CC[C@@H]2CC(=O)[C@@]3(C)CCC4c5cc(Cl)c(O)cc5CCC4C23)s1. The molecule has 170 valence electrons. The van der Waals surface area contributed by atoms with Gasteiger partial charge < -0.3 is 10.4 Å². The summed E-state index contributed by atoms with van der Waals surface area (Å²) in [6, 6.07) is 3.77. The van der Waals surface area contributed by atoms with Gasteiger partial charge in [-0.1, -0.05) is 18.5 Å². The van der Waals surface area contributed by atoms with E-state index in [9.17, 15) is 14.7 Å². The molecule has 2 saturated carbocycles. The Morgan fingerprint density at radius 3 is 2.94 bits per heavy atom. The van der Waals surface area contributed by atoms with Crippen LogP contribution in [0.2, 0.25) is 5.02 Å². The third-order valence-electron chi connectivity index (χ3n) is 8.25. The standard InChI is InChI=1S/C25H29ClN2O3S/c1-13-12-27-24(32-13)28-22(31)6-4-15-10-21(30)25(2)8-7-16-17(23(15)25)5-3-14-9-20(29)19(26)11-18(14)16/h9,11-12,15-17,23,29H,3-8,10H2,1-2H3,(H,27,28,31)/t15-,16?,17?,23?,25-/m1/s1. The van der Waals surface area contributed by atoms with Gasteiger partial charge in [0.25, 0.3) is 0 Å². The fourth-order valence-corrected chi connectivity index (χ4v) is 7.67. The lowest BCUT2D eigenvalue weighted by atomic mass is 9.54. The maximum Gasteiger partial charge on any atom is 0.226 e. The van der Waals surface area contributed by atoms with E-state index in [2.05, 4.69) is 17.2 Å². The van der Waals surface area contributed by atoms with E-state index in [0.29, 0.717) is 46.5 Å². The second-order valence-corrected chi connectivity index (χ2v) is 11.7. The van der Waals surface area contributed by atoms with E-state index in [1.807, 2.05) is 19.1 Å². The number of phenols is 1. The van der Waals surface area contributed by atoms with Crippen LogP contribution in [-0.4, -0.2) is 21.8 Å². The number of amides is 1. The van der Waals surface area contributed by atoms with Gasteiger partial charge in [-0.25, -0.2) is 4.98 Å². The lowest BCUT2D eigenvalue weighted by molar-refractivity contribution is -0.129. The Labute approximate surface area is 197 Å². The molecule has 3 aliphatic carbocycles.